The molecule has 2 rings (SSSR count). The molecule has 0 aliphatic carbocycles. The maximum atomic E-state index is 12.1. The van der Waals surface area contributed by atoms with Crippen molar-refractivity contribution in [3.05, 3.63) is 29.8 Å². The number of ether oxygens (including phenoxy) is 1. The van der Waals surface area contributed by atoms with Crippen molar-refractivity contribution in [1.82, 2.24) is 15.5 Å². The quantitative estimate of drug-likeness (QED) is 0.822. The van der Waals surface area contributed by atoms with E-state index in [0.29, 0.717) is 18.2 Å². The molecule has 5 nitrogen and oxygen atoms in total. The van der Waals surface area contributed by atoms with Crippen molar-refractivity contribution >= 4 is 18.3 Å². The summed E-state index contributed by atoms with van der Waals surface area (Å²) >= 11 is 0. The van der Waals surface area contributed by atoms with Crippen LogP contribution in [0.3, 0.4) is 0 Å². The van der Waals surface area contributed by atoms with Crippen LogP contribution < -0.4 is 15.4 Å². The van der Waals surface area contributed by atoms with E-state index >= 15 is 0 Å². The lowest BCUT2D eigenvalue weighted by atomic mass is 10.1. The number of alkyl halides is 3. The number of hydrogen-bond donors (Lipinski definition) is 2. The number of nitrogens with zero attached hydrogens (tertiary/aromatic N) is 1. The molecule has 142 valence electrons. The lowest BCUT2D eigenvalue weighted by molar-refractivity contribution is -0.274. The Kier molecular flexibility index (Phi) is 7.98. The second kappa shape index (κ2) is 9.26. The molecule has 1 fully saturated rings. The van der Waals surface area contributed by atoms with Crippen molar-refractivity contribution in [3.8, 4) is 5.75 Å². The monoisotopic (exact) mass is 381 g/mol. The number of hydrogen-bond acceptors (Lipinski definition) is 4. The Morgan fingerprint density at radius 3 is 2.60 bits per heavy atom. The van der Waals surface area contributed by atoms with E-state index in [9.17, 15) is 18.0 Å². The van der Waals surface area contributed by atoms with Gasteiger partial charge in [-0.1, -0.05) is 12.1 Å². The fourth-order valence-corrected chi connectivity index (χ4v) is 2.63. The van der Waals surface area contributed by atoms with Gasteiger partial charge in [-0.05, 0) is 31.5 Å². The number of rotatable bonds is 5. The first-order valence-corrected chi connectivity index (χ1v) is 7.84. The summed E-state index contributed by atoms with van der Waals surface area (Å²) in [6.07, 6.45) is -4.71. The number of nitrogens with one attached hydrogen (secondary N) is 2. The van der Waals surface area contributed by atoms with Gasteiger partial charge in [0.05, 0.1) is 12.6 Å². The van der Waals surface area contributed by atoms with E-state index in [2.05, 4.69) is 27.2 Å². The van der Waals surface area contributed by atoms with Gasteiger partial charge in [-0.3, -0.25) is 9.69 Å². The summed E-state index contributed by atoms with van der Waals surface area (Å²) in [5, 5.41) is 6.13. The van der Waals surface area contributed by atoms with E-state index < -0.39 is 6.36 Å². The van der Waals surface area contributed by atoms with E-state index in [1.54, 1.807) is 6.92 Å². The van der Waals surface area contributed by atoms with Gasteiger partial charge in [0.25, 0.3) is 0 Å². The number of amides is 1. The Balaban J connectivity index is 0.00000312. The summed E-state index contributed by atoms with van der Waals surface area (Å²) in [6.45, 7) is 6.67. The highest BCUT2D eigenvalue weighted by atomic mass is 35.5. The van der Waals surface area contributed by atoms with Crippen LogP contribution in [0.1, 0.15) is 25.5 Å². The highest BCUT2D eigenvalue weighted by Gasteiger charge is 2.31. The fraction of sp³-hybridized carbons (Fsp3) is 0.562. The zero-order valence-electron chi connectivity index (χ0n) is 14.1. The Morgan fingerprint density at radius 1 is 1.40 bits per heavy atom. The molecule has 2 N–H and O–H groups in total. The predicted molar refractivity (Wildman–Crippen MR) is 90.8 cm³/mol. The molecule has 2 atom stereocenters. The number of piperazine rings is 1. The summed E-state index contributed by atoms with van der Waals surface area (Å²) in [5.74, 6) is -0.383. The molecule has 1 aromatic rings. The van der Waals surface area contributed by atoms with Crippen molar-refractivity contribution in [2.45, 2.75) is 32.3 Å². The van der Waals surface area contributed by atoms with Crippen LogP contribution >= 0.6 is 12.4 Å². The number of carbonyl (C=O) groups excluding carboxylic acids is 1. The molecular formula is C16H23ClF3N3O2. The Morgan fingerprint density at radius 2 is 2.04 bits per heavy atom. The third-order valence-corrected chi connectivity index (χ3v) is 3.98. The summed E-state index contributed by atoms with van der Waals surface area (Å²) in [5.41, 5.74) is 0.714. The largest absolute Gasteiger partial charge is 0.573 e. The van der Waals surface area contributed by atoms with Crippen LogP contribution in [-0.4, -0.2) is 49.4 Å². The highest BCUT2D eigenvalue weighted by molar-refractivity contribution is 5.85. The Labute approximate surface area is 151 Å². The number of halogens is 4. The van der Waals surface area contributed by atoms with Gasteiger partial charge in [-0.15, -0.1) is 25.6 Å². The van der Waals surface area contributed by atoms with E-state index in [1.807, 2.05) is 0 Å². The second-order valence-corrected chi connectivity index (χ2v) is 5.93. The van der Waals surface area contributed by atoms with Gasteiger partial charge in [0.2, 0.25) is 5.91 Å². The summed E-state index contributed by atoms with van der Waals surface area (Å²) in [6, 6.07) is 5.50. The highest BCUT2D eigenvalue weighted by Crippen LogP contribution is 2.24. The molecule has 1 aliphatic rings. The fourth-order valence-electron chi connectivity index (χ4n) is 2.63. The van der Waals surface area contributed by atoms with Crippen molar-refractivity contribution in [2.24, 2.45) is 0 Å². The Hall–Kier alpha value is -1.51. The average molecular weight is 382 g/mol. The standard InChI is InChI=1S/C16H22F3N3O2.ClH/c1-11-9-20-7-8-22(11)10-15(23)21-12(2)13-3-5-14(6-4-13)24-16(17,18)19;/h3-6,11-12,20H,7-10H2,1-2H3,(H,21,23);1H/t11-,12?;/m0./s1. The van der Waals surface area contributed by atoms with Crippen molar-refractivity contribution < 1.29 is 22.7 Å². The molecule has 1 unspecified atom stereocenters. The molecule has 25 heavy (non-hydrogen) atoms. The number of benzene rings is 1. The molecule has 9 heteroatoms. The molecule has 0 saturated carbocycles. The lowest BCUT2D eigenvalue weighted by Crippen LogP contribution is -2.52. The molecule has 1 saturated heterocycles. The topological polar surface area (TPSA) is 53.6 Å². The van der Waals surface area contributed by atoms with Crippen LogP contribution in [-0.2, 0) is 4.79 Å². The minimum Gasteiger partial charge on any atom is -0.406 e. The summed E-state index contributed by atoms with van der Waals surface area (Å²) in [4.78, 5) is 14.2. The molecular weight excluding hydrogens is 359 g/mol. The predicted octanol–water partition coefficient (Wildman–Crippen LogP) is 2.48. The maximum absolute atomic E-state index is 12.1. The van der Waals surface area contributed by atoms with E-state index in [1.165, 1.54) is 24.3 Å². The van der Waals surface area contributed by atoms with Gasteiger partial charge in [-0.25, -0.2) is 0 Å². The van der Waals surface area contributed by atoms with Gasteiger partial charge in [-0.2, -0.15) is 0 Å². The molecule has 1 aromatic carbocycles. The second-order valence-electron chi connectivity index (χ2n) is 5.93. The number of carbonyl (C=O) groups is 1. The lowest BCUT2D eigenvalue weighted by Gasteiger charge is -2.33. The molecule has 1 amide bonds. The van der Waals surface area contributed by atoms with E-state index in [-0.39, 0.29) is 30.1 Å². The molecule has 1 aliphatic heterocycles. The zero-order valence-corrected chi connectivity index (χ0v) is 14.9. The van der Waals surface area contributed by atoms with Crippen LogP contribution in [0.4, 0.5) is 13.2 Å². The van der Waals surface area contributed by atoms with Crippen molar-refractivity contribution in [1.29, 1.82) is 0 Å². The van der Waals surface area contributed by atoms with Gasteiger partial charge in [0.1, 0.15) is 5.75 Å². The van der Waals surface area contributed by atoms with E-state index in [0.717, 1.165) is 19.6 Å². The first kappa shape index (κ1) is 21.5. The van der Waals surface area contributed by atoms with Crippen molar-refractivity contribution in [2.75, 3.05) is 26.2 Å². The molecule has 1 heterocycles. The summed E-state index contributed by atoms with van der Waals surface area (Å²) < 4.78 is 40.2. The maximum Gasteiger partial charge on any atom is 0.573 e. The normalized spacial score (nSPS) is 19.6. The first-order valence-electron chi connectivity index (χ1n) is 7.84. The van der Waals surface area contributed by atoms with Gasteiger partial charge >= 0.3 is 6.36 Å². The first-order chi connectivity index (χ1) is 11.2. The SMILES string of the molecule is CC(NC(=O)CN1CCNC[C@@H]1C)c1ccc(OC(F)(F)F)cc1.Cl. The minimum absolute atomic E-state index is 0. The van der Waals surface area contributed by atoms with Crippen LogP contribution in [0.5, 0.6) is 5.75 Å². The smallest absolute Gasteiger partial charge is 0.406 e. The third-order valence-electron chi connectivity index (χ3n) is 3.98. The van der Waals surface area contributed by atoms with Crippen LogP contribution in [0.25, 0.3) is 0 Å². The van der Waals surface area contributed by atoms with Gasteiger partial charge < -0.3 is 15.4 Å². The van der Waals surface area contributed by atoms with Crippen LogP contribution in [0, 0.1) is 0 Å². The Bertz CT molecular complexity index is 555. The molecule has 0 radical (unpaired) electrons. The van der Waals surface area contributed by atoms with Gasteiger partial charge in [0.15, 0.2) is 0 Å². The minimum atomic E-state index is -4.71. The van der Waals surface area contributed by atoms with Crippen molar-refractivity contribution in [3.63, 3.8) is 0 Å². The summed E-state index contributed by atoms with van der Waals surface area (Å²) in [7, 11) is 0. The van der Waals surface area contributed by atoms with Gasteiger partial charge in [0, 0.05) is 25.7 Å². The van der Waals surface area contributed by atoms with E-state index in [4.69, 9.17) is 0 Å². The molecule has 0 spiro atoms. The molecule has 0 aromatic heterocycles. The zero-order chi connectivity index (χ0) is 17.7. The third kappa shape index (κ3) is 7.09. The van der Waals surface area contributed by atoms with Crippen LogP contribution in [0.15, 0.2) is 24.3 Å². The molecule has 0 bridgehead atoms. The van der Waals surface area contributed by atoms with Crippen LogP contribution in [0.2, 0.25) is 0 Å². The average Bonchev–Trinajstić information content (AvgIpc) is 2.48.